The van der Waals surface area contributed by atoms with Crippen molar-refractivity contribution in [1.82, 2.24) is 19.9 Å². The predicted molar refractivity (Wildman–Crippen MR) is 164 cm³/mol. The van der Waals surface area contributed by atoms with E-state index in [9.17, 15) is 5.11 Å². The van der Waals surface area contributed by atoms with E-state index in [4.69, 9.17) is 27.9 Å². The van der Waals surface area contributed by atoms with Crippen molar-refractivity contribution in [3.05, 3.63) is 104 Å². The van der Waals surface area contributed by atoms with Crippen molar-refractivity contribution in [1.29, 1.82) is 0 Å². The number of para-hydroxylation sites is 2. The Morgan fingerprint density at radius 2 is 1.13 bits per heavy atom. The topological polar surface area (TPSA) is 81.0 Å². The van der Waals surface area contributed by atoms with Crippen LogP contribution in [0.4, 0.5) is 0 Å². The summed E-state index contributed by atoms with van der Waals surface area (Å²) < 4.78 is 7.20. The fraction of sp³-hybridized carbons (Fsp3) is 0.0345. The molecule has 39 heavy (non-hydrogen) atoms. The smallest absolute Gasteiger partial charge is 0.165 e. The SMILES string of the molecule is COc1ccccc1-c1nc(Cl)c2cc(Br)ccc2n1.Oc1ccccc1-c1nc(Cl)c2cc(Br)ccc2n1. The fourth-order valence-electron chi connectivity index (χ4n) is 3.86. The molecule has 6 rings (SSSR count). The van der Waals surface area contributed by atoms with Gasteiger partial charge in [0, 0.05) is 19.7 Å². The number of ether oxygens (including phenoxy) is 1. The number of phenols is 1. The van der Waals surface area contributed by atoms with E-state index in [2.05, 4.69) is 51.8 Å². The molecule has 0 radical (unpaired) electrons. The van der Waals surface area contributed by atoms with Crippen LogP contribution in [0, 0.1) is 0 Å². The Balaban J connectivity index is 0.000000158. The fourth-order valence-corrected chi connectivity index (χ4v) is 5.04. The lowest BCUT2D eigenvalue weighted by Gasteiger charge is -2.08. The van der Waals surface area contributed by atoms with Gasteiger partial charge in [0.2, 0.25) is 0 Å². The van der Waals surface area contributed by atoms with Gasteiger partial charge in [0.1, 0.15) is 21.8 Å². The first-order valence-corrected chi connectivity index (χ1v) is 13.9. The van der Waals surface area contributed by atoms with Crippen LogP contribution in [0.2, 0.25) is 10.3 Å². The maximum absolute atomic E-state index is 9.84. The van der Waals surface area contributed by atoms with E-state index >= 15 is 0 Å². The van der Waals surface area contributed by atoms with Crippen LogP contribution in [0.3, 0.4) is 0 Å². The molecule has 0 spiro atoms. The quantitative estimate of drug-likeness (QED) is 0.187. The van der Waals surface area contributed by atoms with Crippen LogP contribution in [0.1, 0.15) is 0 Å². The molecule has 0 atom stereocenters. The summed E-state index contributed by atoms with van der Waals surface area (Å²) in [5.74, 6) is 1.83. The summed E-state index contributed by atoms with van der Waals surface area (Å²) in [6.07, 6.45) is 0. The van der Waals surface area contributed by atoms with Crippen molar-refractivity contribution in [2.45, 2.75) is 0 Å². The molecule has 6 nitrogen and oxygen atoms in total. The molecule has 0 unspecified atom stereocenters. The van der Waals surface area contributed by atoms with Crippen molar-refractivity contribution in [2.24, 2.45) is 0 Å². The number of phenolic OH excluding ortho intramolecular Hbond substituents is 1. The second kappa shape index (κ2) is 11.8. The van der Waals surface area contributed by atoms with Crippen LogP contribution in [0.5, 0.6) is 11.5 Å². The van der Waals surface area contributed by atoms with Crippen molar-refractivity contribution in [3.63, 3.8) is 0 Å². The molecule has 0 fully saturated rings. The minimum Gasteiger partial charge on any atom is -0.507 e. The molecule has 0 aliphatic heterocycles. The minimum absolute atomic E-state index is 0.134. The number of rotatable bonds is 3. The molecule has 0 saturated carbocycles. The Morgan fingerprint density at radius 1 is 0.641 bits per heavy atom. The third-order valence-electron chi connectivity index (χ3n) is 5.72. The Kier molecular flexibility index (Phi) is 8.28. The van der Waals surface area contributed by atoms with Crippen LogP contribution in [0.25, 0.3) is 44.6 Å². The molecular formula is C29H18Br2Cl2N4O2. The van der Waals surface area contributed by atoms with Gasteiger partial charge in [-0.05, 0) is 60.7 Å². The summed E-state index contributed by atoms with van der Waals surface area (Å²) in [6.45, 7) is 0. The average Bonchev–Trinajstić information content (AvgIpc) is 2.94. The Hall–Kier alpha value is -3.30. The van der Waals surface area contributed by atoms with E-state index in [1.54, 1.807) is 25.3 Å². The maximum atomic E-state index is 9.84. The van der Waals surface area contributed by atoms with Crippen LogP contribution < -0.4 is 4.74 Å². The highest BCUT2D eigenvalue weighted by atomic mass is 79.9. The highest BCUT2D eigenvalue weighted by molar-refractivity contribution is 9.10. The van der Waals surface area contributed by atoms with Gasteiger partial charge < -0.3 is 9.84 Å². The molecule has 10 heteroatoms. The highest BCUT2D eigenvalue weighted by Crippen LogP contribution is 2.32. The molecule has 2 aromatic heterocycles. The molecule has 0 bridgehead atoms. The van der Waals surface area contributed by atoms with Gasteiger partial charge in [-0.1, -0.05) is 79.3 Å². The lowest BCUT2D eigenvalue weighted by Crippen LogP contribution is -1.94. The standard InChI is InChI=1S/C15H10BrClN2O.C14H8BrClN2O/c1-20-13-5-3-2-4-10(13)15-18-12-7-6-9(16)8-11(12)14(17)19-15;15-8-5-6-11-10(7-8)13(16)18-14(17-11)9-3-1-2-4-12(9)19/h2-8H,1H3;1-7,19H. The predicted octanol–water partition coefficient (Wildman–Crippen LogP) is 9.14. The molecular weight excluding hydrogens is 667 g/mol. The molecule has 0 aliphatic rings. The van der Waals surface area contributed by atoms with Crippen molar-refractivity contribution in [3.8, 4) is 34.3 Å². The second-order valence-corrected chi connectivity index (χ2v) is 10.8. The first kappa shape index (κ1) is 27.3. The van der Waals surface area contributed by atoms with Gasteiger partial charge in [-0.3, -0.25) is 0 Å². The summed E-state index contributed by atoms with van der Waals surface area (Å²) >= 11 is 19.3. The first-order valence-electron chi connectivity index (χ1n) is 11.5. The number of benzene rings is 4. The summed E-state index contributed by atoms with van der Waals surface area (Å²) in [5.41, 5.74) is 2.92. The van der Waals surface area contributed by atoms with Gasteiger partial charge >= 0.3 is 0 Å². The van der Waals surface area contributed by atoms with Crippen LogP contribution in [-0.2, 0) is 0 Å². The molecule has 6 aromatic rings. The third kappa shape index (κ3) is 5.99. The molecule has 194 valence electrons. The molecule has 1 N–H and O–H groups in total. The summed E-state index contributed by atoms with van der Waals surface area (Å²) in [5, 5.41) is 12.2. The lowest BCUT2D eigenvalue weighted by molar-refractivity contribution is 0.416. The Morgan fingerprint density at radius 3 is 1.67 bits per heavy atom. The summed E-state index contributed by atoms with van der Waals surface area (Å²) in [4.78, 5) is 17.6. The maximum Gasteiger partial charge on any atom is 0.165 e. The van der Waals surface area contributed by atoms with E-state index < -0.39 is 0 Å². The van der Waals surface area contributed by atoms with Crippen LogP contribution in [-0.4, -0.2) is 32.2 Å². The molecule has 0 aliphatic carbocycles. The van der Waals surface area contributed by atoms with E-state index in [1.807, 2.05) is 66.7 Å². The normalized spacial score (nSPS) is 10.8. The van der Waals surface area contributed by atoms with E-state index in [-0.39, 0.29) is 5.75 Å². The number of methoxy groups -OCH3 is 1. The summed E-state index contributed by atoms with van der Waals surface area (Å²) in [7, 11) is 1.62. The zero-order valence-electron chi connectivity index (χ0n) is 20.2. The van der Waals surface area contributed by atoms with Gasteiger partial charge in [-0.15, -0.1) is 0 Å². The first-order chi connectivity index (χ1) is 18.8. The van der Waals surface area contributed by atoms with E-state index in [0.717, 1.165) is 42.1 Å². The molecule has 2 heterocycles. The van der Waals surface area contributed by atoms with Gasteiger partial charge in [-0.2, -0.15) is 0 Å². The van der Waals surface area contributed by atoms with Gasteiger partial charge in [-0.25, -0.2) is 19.9 Å². The molecule has 0 amide bonds. The number of fused-ring (bicyclic) bond motifs is 2. The number of hydrogen-bond donors (Lipinski definition) is 1. The van der Waals surface area contributed by atoms with Crippen LogP contribution in [0.15, 0.2) is 93.9 Å². The molecule has 0 saturated heterocycles. The highest BCUT2D eigenvalue weighted by Gasteiger charge is 2.13. The average molecular weight is 685 g/mol. The lowest BCUT2D eigenvalue weighted by atomic mass is 10.1. The monoisotopic (exact) mass is 682 g/mol. The minimum atomic E-state index is 0.134. The van der Waals surface area contributed by atoms with E-state index in [0.29, 0.717) is 27.5 Å². The number of nitrogens with zero attached hydrogens (tertiary/aromatic N) is 4. The van der Waals surface area contributed by atoms with Crippen LogP contribution >= 0.6 is 55.1 Å². The van der Waals surface area contributed by atoms with Gasteiger partial charge in [0.15, 0.2) is 11.6 Å². The van der Waals surface area contributed by atoms with Crippen molar-refractivity contribution < 1.29 is 9.84 Å². The van der Waals surface area contributed by atoms with Gasteiger partial charge in [0.25, 0.3) is 0 Å². The number of aromatic hydroxyl groups is 1. The molecule has 4 aromatic carbocycles. The second-order valence-electron chi connectivity index (χ2n) is 8.22. The Labute approximate surface area is 250 Å². The zero-order chi connectivity index (χ0) is 27.5. The van der Waals surface area contributed by atoms with E-state index in [1.165, 1.54) is 0 Å². The van der Waals surface area contributed by atoms with Crippen molar-refractivity contribution in [2.75, 3.05) is 7.11 Å². The number of halogens is 4. The van der Waals surface area contributed by atoms with Crippen molar-refractivity contribution >= 4 is 76.9 Å². The van der Waals surface area contributed by atoms with Gasteiger partial charge in [0.05, 0.1) is 29.3 Å². The Bertz CT molecular complexity index is 1840. The number of aromatic nitrogens is 4. The largest absolute Gasteiger partial charge is 0.507 e. The number of hydrogen-bond acceptors (Lipinski definition) is 6. The third-order valence-corrected chi connectivity index (χ3v) is 7.28. The summed E-state index contributed by atoms with van der Waals surface area (Å²) in [6, 6.07) is 25.9. The zero-order valence-corrected chi connectivity index (χ0v) is 24.9.